The van der Waals surface area contributed by atoms with E-state index in [0.29, 0.717) is 17.8 Å². The summed E-state index contributed by atoms with van der Waals surface area (Å²) in [7, 11) is 0. The van der Waals surface area contributed by atoms with Crippen LogP contribution in [0.1, 0.15) is 32.6 Å². The first-order chi connectivity index (χ1) is 9.72. The van der Waals surface area contributed by atoms with Crippen LogP contribution < -0.4 is 10.7 Å². The van der Waals surface area contributed by atoms with E-state index < -0.39 is 5.92 Å². The van der Waals surface area contributed by atoms with Gasteiger partial charge in [-0.05, 0) is 25.0 Å². The highest BCUT2D eigenvalue weighted by atomic mass is 16.2. The lowest BCUT2D eigenvalue weighted by Gasteiger charge is -2.11. The number of carbonyl (C=O) groups is 2. The second-order valence-electron chi connectivity index (χ2n) is 4.82. The van der Waals surface area contributed by atoms with Crippen LogP contribution in [0.15, 0.2) is 35.4 Å². The Hall–Kier alpha value is -2.17. The zero-order chi connectivity index (χ0) is 14.4. The molecule has 2 amide bonds. The van der Waals surface area contributed by atoms with Crippen molar-refractivity contribution in [1.82, 2.24) is 5.43 Å². The van der Waals surface area contributed by atoms with Crippen molar-refractivity contribution in [3.63, 3.8) is 0 Å². The van der Waals surface area contributed by atoms with Crippen molar-refractivity contribution < 1.29 is 9.59 Å². The smallest absolute Gasteiger partial charge is 0.258 e. The average molecular weight is 273 g/mol. The Bertz CT molecular complexity index is 511. The molecule has 0 radical (unpaired) electrons. The Balaban J connectivity index is 1.99. The quantitative estimate of drug-likeness (QED) is 0.616. The molecule has 20 heavy (non-hydrogen) atoms. The Kier molecular flexibility index (Phi) is 4.87. The van der Waals surface area contributed by atoms with Crippen molar-refractivity contribution in [3.05, 3.63) is 30.3 Å². The van der Waals surface area contributed by atoms with Gasteiger partial charge in [0.2, 0.25) is 5.91 Å². The van der Waals surface area contributed by atoms with Gasteiger partial charge < -0.3 is 5.32 Å². The summed E-state index contributed by atoms with van der Waals surface area (Å²) in [5, 5.41) is 6.74. The van der Waals surface area contributed by atoms with Gasteiger partial charge in [0.15, 0.2) is 5.92 Å². The van der Waals surface area contributed by atoms with Crippen LogP contribution in [0.2, 0.25) is 0 Å². The number of hydrogen-bond donors (Lipinski definition) is 2. The van der Waals surface area contributed by atoms with Gasteiger partial charge >= 0.3 is 0 Å². The molecule has 1 aromatic carbocycles. The van der Waals surface area contributed by atoms with E-state index in [1.54, 1.807) is 12.1 Å². The zero-order valence-electron chi connectivity index (χ0n) is 11.6. The molecule has 0 saturated heterocycles. The Labute approximate surface area is 118 Å². The Morgan fingerprint density at radius 3 is 2.75 bits per heavy atom. The molecule has 2 N–H and O–H groups in total. The predicted molar refractivity (Wildman–Crippen MR) is 78.3 cm³/mol. The van der Waals surface area contributed by atoms with E-state index in [9.17, 15) is 9.59 Å². The number of carbonyl (C=O) groups excluding carboxylic acids is 2. The molecule has 5 nitrogen and oxygen atoms in total. The third-order valence-corrected chi connectivity index (χ3v) is 3.25. The van der Waals surface area contributed by atoms with Crippen molar-refractivity contribution in [2.45, 2.75) is 32.6 Å². The van der Waals surface area contributed by atoms with Crippen LogP contribution in [0.4, 0.5) is 5.69 Å². The fourth-order valence-electron chi connectivity index (χ4n) is 2.17. The number of benzene rings is 1. The predicted octanol–water partition coefficient (Wildman–Crippen LogP) is 2.31. The standard InChI is InChI=1S/C15H19N3O2/c1-2-3-5-10-12-13(15(20)18-17-12)14(19)16-11-8-6-4-7-9-11/h4,6-9,13H,2-3,5,10H2,1H3,(H,16,19)(H,18,20). The van der Waals surface area contributed by atoms with E-state index in [1.165, 1.54) is 0 Å². The van der Waals surface area contributed by atoms with Gasteiger partial charge in [-0.1, -0.05) is 38.0 Å². The molecular weight excluding hydrogens is 254 g/mol. The first kappa shape index (κ1) is 14.2. The molecule has 1 aromatic rings. The first-order valence-corrected chi connectivity index (χ1v) is 6.94. The van der Waals surface area contributed by atoms with Crippen molar-refractivity contribution in [3.8, 4) is 0 Å². The van der Waals surface area contributed by atoms with Gasteiger partial charge in [0.05, 0.1) is 5.71 Å². The van der Waals surface area contributed by atoms with Gasteiger partial charge in [-0.25, -0.2) is 5.43 Å². The van der Waals surface area contributed by atoms with E-state index >= 15 is 0 Å². The molecule has 1 unspecified atom stereocenters. The van der Waals surface area contributed by atoms with Crippen LogP contribution in [0.3, 0.4) is 0 Å². The fraction of sp³-hybridized carbons (Fsp3) is 0.400. The third kappa shape index (κ3) is 3.44. The lowest BCUT2D eigenvalue weighted by atomic mass is 9.97. The van der Waals surface area contributed by atoms with Gasteiger partial charge in [-0.15, -0.1) is 0 Å². The van der Waals surface area contributed by atoms with Gasteiger partial charge in [-0.3, -0.25) is 9.59 Å². The van der Waals surface area contributed by atoms with Crippen molar-refractivity contribution >= 4 is 23.2 Å². The molecule has 0 fully saturated rings. The molecule has 0 aromatic heterocycles. The number of hydrogen-bond acceptors (Lipinski definition) is 3. The number of rotatable bonds is 6. The maximum absolute atomic E-state index is 12.2. The molecule has 5 heteroatoms. The lowest BCUT2D eigenvalue weighted by Crippen LogP contribution is -2.35. The zero-order valence-corrected chi connectivity index (χ0v) is 11.6. The molecule has 2 rings (SSSR count). The largest absolute Gasteiger partial charge is 0.325 e. The molecule has 1 aliphatic heterocycles. The maximum Gasteiger partial charge on any atom is 0.258 e. The minimum Gasteiger partial charge on any atom is -0.325 e. The van der Waals surface area contributed by atoms with Gasteiger partial charge in [0.1, 0.15) is 0 Å². The average Bonchev–Trinajstić information content (AvgIpc) is 2.81. The number of nitrogens with one attached hydrogen (secondary N) is 2. The molecule has 0 bridgehead atoms. The molecule has 0 spiro atoms. The van der Waals surface area contributed by atoms with E-state index in [4.69, 9.17) is 0 Å². The third-order valence-electron chi connectivity index (χ3n) is 3.25. The highest BCUT2D eigenvalue weighted by molar-refractivity contribution is 6.25. The second kappa shape index (κ2) is 6.84. The summed E-state index contributed by atoms with van der Waals surface area (Å²) in [4.78, 5) is 24.0. The minimum absolute atomic E-state index is 0.318. The van der Waals surface area contributed by atoms with Gasteiger partial charge in [0.25, 0.3) is 5.91 Å². The van der Waals surface area contributed by atoms with E-state index in [1.807, 2.05) is 18.2 Å². The summed E-state index contributed by atoms with van der Waals surface area (Å²) in [5.41, 5.74) is 3.72. The van der Waals surface area contributed by atoms with Crippen molar-refractivity contribution in [2.24, 2.45) is 11.0 Å². The van der Waals surface area contributed by atoms with E-state index in [-0.39, 0.29) is 11.8 Å². The lowest BCUT2D eigenvalue weighted by molar-refractivity contribution is -0.128. The van der Waals surface area contributed by atoms with Crippen LogP contribution in [0, 0.1) is 5.92 Å². The van der Waals surface area contributed by atoms with Crippen molar-refractivity contribution in [2.75, 3.05) is 5.32 Å². The minimum atomic E-state index is -0.799. The van der Waals surface area contributed by atoms with Crippen LogP contribution in [0.5, 0.6) is 0 Å². The monoisotopic (exact) mass is 273 g/mol. The highest BCUT2D eigenvalue weighted by Gasteiger charge is 2.35. The van der Waals surface area contributed by atoms with E-state index in [2.05, 4.69) is 22.8 Å². The molecule has 1 aliphatic rings. The summed E-state index contributed by atoms with van der Waals surface area (Å²) in [6, 6.07) is 9.12. The second-order valence-corrected chi connectivity index (χ2v) is 4.82. The number of anilines is 1. The molecule has 0 aliphatic carbocycles. The van der Waals surface area contributed by atoms with Crippen LogP contribution in [-0.2, 0) is 9.59 Å². The number of unbranched alkanes of at least 4 members (excludes halogenated alkanes) is 2. The molecule has 1 atom stereocenters. The van der Waals surface area contributed by atoms with Gasteiger partial charge in [-0.2, -0.15) is 5.10 Å². The number of amides is 2. The molecule has 0 saturated carbocycles. The number of para-hydroxylation sites is 1. The van der Waals surface area contributed by atoms with Crippen molar-refractivity contribution in [1.29, 1.82) is 0 Å². The summed E-state index contributed by atoms with van der Waals surface area (Å²) < 4.78 is 0. The van der Waals surface area contributed by atoms with E-state index in [0.717, 1.165) is 19.3 Å². The summed E-state index contributed by atoms with van der Waals surface area (Å²) in [6.45, 7) is 2.11. The number of nitrogens with zero attached hydrogens (tertiary/aromatic N) is 1. The molecule has 106 valence electrons. The maximum atomic E-state index is 12.2. The highest BCUT2D eigenvalue weighted by Crippen LogP contribution is 2.16. The summed E-state index contributed by atoms with van der Waals surface area (Å²) >= 11 is 0. The topological polar surface area (TPSA) is 70.6 Å². The molecular formula is C15H19N3O2. The summed E-state index contributed by atoms with van der Waals surface area (Å²) in [6.07, 6.45) is 3.79. The number of hydrazone groups is 1. The van der Waals surface area contributed by atoms with Crippen LogP contribution in [0.25, 0.3) is 0 Å². The molecule has 1 heterocycles. The van der Waals surface area contributed by atoms with Crippen LogP contribution >= 0.6 is 0 Å². The van der Waals surface area contributed by atoms with Gasteiger partial charge in [0, 0.05) is 5.69 Å². The fourth-order valence-corrected chi connectivity index (χ4v) is 2.17. The summed E-state index contributed by atoms with van der Waals surface area (Å²) in [5.74, 6) is -1.46. The van der Waals surface area contributed by atoms with Crippen LogP contribution in [-0.4, -0.2) is 17.5 Å². The Morgan fingerprint density at radius 1 is 1.30 bits per heavy atom. The first-order valence-electron chi connectivity index (χ1n) is 6.94. The SMILES string of the molecule is CCCCCC1=NNC(=O)C1C(=O)Nc1ccccc1. The normalized spacial score (nSPS) is 17.6. The Morgan fingerprint density at radius 2 is 2.05 bits per heavy atom.